The number of carbonyl (C=O) groups excluding carboxylic acids is 1. The number of allylic oxidation sites excluding steroid dienone is 2. The molecular formula is C13H11Br2N3O3. The maximum atomic E-state index is 12.4. The van der Waals surface area contributed by atoms with Crippen LogP contribution in [0.1, 0.15) is 6.42 Å². The lowest BCUT2D eigenvalue weighted by Gasteiger charge is -2.23. The molecule has 6 nitrogen and oxygen atoms in total. The smallest absolute Gasteiger partial charge is 0.307 e. The van der Waals surface area contributed by atoms with Crippen LogP contribution < -0.4 is 5.32 Å². The van der Waals surface area contributed by atoms with E-state index < -0.39 is 17.8 Å². The van der Waals surface area contributed by atoms with Crippen molar-refractivity contribution in [3.63, 3.8) is 0 Å². The molecule has 2 aliphatic rings. The second-order valence-electron chi connectivity index (χ2n) is 5.16. The summed E-state index contributed by atoms with van der Waals surface area (Å²) in [4.78, 5) is 32.0. The third-order valence-corrected chi connectivity index (χ3v) is 4.92. The van der Waals surface area contributed by atoms with Crippen molar-refractivity contribution in [2.24, 2.45) is 23.7 Å². The van der Waals surface area contributed by atoms with E-state index in [1.165, 1.54) is 6.20 Å². The molecule has 1 fully saturated rings. The summed E-state index contributed by atoms with van der Waals surface area (Å²) in [6, 6.07) is 0. The third-order valence-electron chi connectivity index (χ3n) is 3.99. The van der Waals surface area contributed by atoms with Crippen LogP contribution in [-0.4, -0.2) is 27.0 Å². The average Bonchev–Trinajstić information content (AvgIpc) is 3.02. The van der Waals surface area contributed by atoms with Gasteiger partial charge in [0.25, 0.3) is 0 Å². The van der Waals surface area contributed by atoms with Crippen molar-refractivity contribution in [1.82, 2.24) is 9.97 Å². The number of anilines is 1. The van der Waals surface area contributed by atoms with Crippen molar-refractivity contribution in [2.75, 3.05) is 5.32 Å². The summed E-state index contributed by atoms with van der Waals surface area (Å²) in [6.45, 7) is 0. The number of nitrogens with one attached hydrogen (secondary N) is 1. The van der Waals surface area contributed by atoms with Crippen molar-refractivity contribution in [3.05, 3.63) is 27.6 Å². The summed E-state index contributed by atoms with van der Waals surface area (Å²) in [5, 5.41) is 12.0. The number of carbonyl (C=O) groups is 2. The molecule has 110 valence electrons. The molecular weight excluding hydrogens is 406 g/mol. The predicted octanol–water partition coefficient (Wildman–Crippen LogP) is 2.46. The van der Waals surface area contributed by atoms with Crippen molar-refractivity contribution in [1.29, 1.82) is 0 Å². The Labute approximate surface area is 137 Å². The molecule has 1 heterocycles. The second-order valence-corrected chi connectivity index (χ2v) is 6.72. The Kier molecular flexibility index (Phi) is 3.83. The molecule has 1 aromatic rings. The standard InChI is InChI=1S/C13H11Br2N3O3/c14-7-4-16-11(10(15)17-7)18-12(19)8-5-1-2-6(3-5)9(8)13(20)21/h1-2,4-6,8-9H,3H2,(H,20,21)(H,16,18,19). The number of fused-ring (bicyclic) bond motifs is 2. The largest absolute Gasteiger partial charge is 0.481 e. The molecule has 0 spiro atoms. The first-order valence-corrected chi connectivity index (χ1v) is 7.96. The molecule has 0 radical (unpaired) electrons. The van der Waals surface area contributed by atoms with Gasteiger partial charge in [-0.3, -0.25) is 9.59 Å². The Morgan fingerprint density at radius 2 is 1.90 bits per heavy atom. The van der Waals surface area contributed by atoms with Gasteiger partial charge in [-0.2, -0.15) is 0 Å². The molecule has 2 bridgehead atoms. The van der Waals surface area contributed by atoms with E-state index in [9.17, 15) is 14.7 Å². The highest BCUT2D eigenvalue weighted by Gasteiger charge is 2.51. The Balaban J connectivity index is 1.82. The van der Waals surface area contributed by atoms with Crippen LogP contribution in [0, 0.1) is 23.7 Å². The summed E-state index contributed by atoms with van der Waals surface area (Å²) >= 11 is 6.40. The first kappa shape index (κ1) is 14.6. The maximum absolute atomic E-state index is 12.4. The maximum Gasteiger partial charge on any atom is 0.307 e. The summed E-state index contributed by atoms with van der Waals surface area (Å²) in [6.07, 6.45) is 6.04. The van der Waals surface area contributed by atoms with Crippen molar-refractivity contribution >= 4 is 49.6 Å². The molecule has 1 aromatic heterocycles. The van der Waals surface area contributed by atoms with Gasteiger partial charge in [0.05, 0.1) is 18.0 Å². The number of hydrogen-bond acceptors (Lipinski definition) is 4. The Hall–Kier alpha value is -1.28. The summed E-state index contributed by atoms with van der Waals surface area (Å²) < 4.78 is 0.939. The minimum Gasteiger partial charge on any atom is -0.481 e. The number of amides is 1. The van der Waals surface area contributed by atoms with Crippen LogP contribution in [0.25, 0.3) is 0 Å². The van der Waals surface area contributed by atoms with Gasteiger partial charge in [-0.05, 0) is 50.1 Å². The topological polar surface area (TPSA) is 92.2 Å². The lowest BCUT2D eigenvalue weighted by atomic mass is 9.82. The minimum atomic E-state index is -0.923. The highest BCUT2D eigenvalue weighted by Crippen LogP contribution is 2.48. The van der Waals surface area contributed by atoms with Crippen molar-refractivity contribution in [2.45, 2.75) is 6.42 Å². The third kappa shape index (κ3) is 2.62. The first-order valence-electron chi connectivity index (χ1n) is 6.37. The first-order chi connectivity index (χ1) is 9.97. The van der Waals surface area contributed by atoms with E-state index in [4.69, 9.17) is 0 Å². The van der Waals surface area contributed by atoms with Crippen molar-refractivity contribution in [3.8, 4) is 0 Å². The fourth-order valence-electron chi connectivity index (χ4n) is 3.15. The van der Waals surface area contributed by atoms with Crippen LogP contribution in [-0.2, 0) is 9.59 Å². The van der Waals surface area contributed by atoms with Gasteiger partial charge in [-0.25, -0.2) is 9.97 Å². The number of nitrogens with zero attached hydrogens (tertiary/aromatic N) is 2. The fraction of sp³-hybridized carbons (Fsp3) is 0.385. The SMILES string of the molecule is O=C(O)C1C2C=CC(C2)C1C(=O)Nc1ncc(Br)nc1Br. The quantitative estimate of drug-likeness (QED) is 0.738. The van der Waals surface area contributed by atoms with E-state index in [2.05, 4.69) is 47.1 Å². The number of carboxylic acids is 1. The monoisotopic (exact) mass is 415 g/mol. The zero-order chi connectivity index (χ0) is 15.1. The van der Waals surface area contributed by atoms with E-state index >= 15 is 0 Å². The summed E-state index contributed by atoms with van der Waals surface area (Å²) in [7, 11) is 0. The van der Waals surface area contributed by atoms with Crippen LogP contribution in [0.15, 0.2) is 27.6 Å². The van der Waals surface area contributed by atoms with Gasteiger partial charge in [-0.15, -0.1) is 0 Å². The molecule has 21 heavy (non-hydrogen) atoms. The summed E-state index contributed by atoms with van der Waals surface area (Å²) in [5.74, 6) is -2.25. The van der Waals surface area contributed by atoms with Crippen LogP contribution >= 0.6 is 31.9 Å². The van der Waals surface area contributed by atoms with Gasteiger partial charge < -0.3 is 10.4 Å². The average molecular weight is 417 g/mol. The van der Waals surface area contributed by atoms with Crippen LogP contribution in [0.3, 0.4) is 0 Å². The summed E-state index contributed by atoms with van der Waals surface area (Å²) in [5.41, 5.74) is 0. The minimum absolute atomic E-state index is 0.0155. The van der Waals surface area contributed by atoms with Gasteiger partial charge in [0, 0.05) is 0 Å². The zero-order valence-corrected chi connectivity index (χ0v) is 13.8. The Bertz CT molecular complexity index is 650. The molecule has 4 unspecified atom stereocenters. The van der Waals surface area contributed by atoms with E-state index in [1.54, 1.807) is 0 Å². The number of rotatable bonds is 3. The lowest BCUT2D eigenvalue weighted by molar-refractivity contribution is -0.146. The van der Waals surface area contributed by atoms with Crippen molar-refractivity contribution < 1.29 is 14.7 Å². The van der Waals surface area contributed by atoms with Crippen LogP contribution in [0.2, 0.25) is 0 Å². The van der Waals surface area contributed by atoms with Gasteiger partial charge in [0.1, 0.15) is 9.21 Å². The molecule has 4 atom stereocenters. The highest BCUT2D eigenvalue weighted by molar-refractivity contribution is 9.11. The van der Waals surface area contributed by atoms with Gasteiger partial charge >= 0.3 is 5.97 Å². The number of carboxylic acid groups (broad SMARTS) is 1. The van der Waals surface area contributed by atoms with Gasteiger partial charge in [0.15, 0.2) is 5.82 Å². The number of halogens is 2. The van der Waals surface area contributed by atoms with Crippen LogP contribution in [0.4, 0.5) is 5.82 Å². The lowest BCUT2D eigenvalue weighted by Crippen LogP contribution is -2.36. The molecule has 0 saturated heterocycles. The predicted molar refractivity (Wildman–Crippen MR) is 81.4 cm³/mol. The van der Waals surface area contributed by atoms with E-state index in [1.807, 2.05) is 12.2 Å². The molecule has 2 aliphatic carbocycles. The van der Waals surface area contributed by atoms with Crippen LogP contribution in [0.5, 0.6) is 0 Å². The molecule has 8 heteroatoms. The molecule has 0 aromatic carbocycles. The highest BCUT2D eigenvalue weighted by atomic mass is 79.9. The molecule has 3 rings (SSSR count). The normalized spacial score (nSPS) is 29.6. The Morgan fingerprint density at radius 3 is 2.52 bits per heavy atom. The number of hydrogen-bond donors (Lipinski definition) is 2. The van der Waals surface area contributed by atoms with E-state index in [-0.39, 0.29) is 17.7 Å². The molecule has 1 saturated carbocycles. The fourth-order valence-corrected chi connectivity index (χ4v) is 4.06. The molecule has 1 amide bonds. The van der Waals surface area contributed by atoms with Gasteiger partial charge in [0.2, 0.25) is 5.91 Å². The molecule has 0 aliphatic heterocycles. The number of aromatic nitrogens is 2. The van der Waals surface area contributed by atoms with E-state index in [0.717, 1.165) is 6.42 Å². The molecule has 2 N–H and O–H groups in total. The van der Waals surface area contributed by atoms with Gasteiger partial charge in [-0.1, -0.05) is 12.2 Å². The Morgan fingerprint density at radius 1 is 1.24 bits per heavy atom. The second kappa shape index (κ2) is 5.49. The van der Waals surface area contributed by atoms with E-state index in [0.29, 0.717) is 15.0 Å². The number of aliphatic carboxylic acids is 1. The zero-order valence-electron chi connectivity index (χ0n) is 10.7.